The molecule has 1 atom stereocenters. The van der Waals surface area contributed by atoms with Gasteiger partial charge >= 0.3 is 0 Å². The highest BCUT2D eigenvalue weighted by atomic mass is 32.2. The molecule has 0 bridgehead atoms. The lowest BCUT2D eigenvalue weighted by atomic mass is 10.0. The molecule has 128 valence electrons. The minimum Gasteiger partial charge on any atom is -0.349 e. The first-order chi connectivity index (χ1) is 11.1. The van der Waals surface area contributed by atoms with Crippen LogP contribution >= 0.6 is 24.0 Å². The van der Waals surface area contributed by atoms with E-state index in [1.165, 1.54) is 37.1 Å². The number of likely N-dealkylation sites (tertiary alicyclic amines) is 1. The summed E-state index contributed by atoms with van der Waals surface area (Å²) in [5.41, 5.74) is 1.09. The SMILES string of the molecule is CCCC[NH+](C)C1CCN(C(=S)Nc2cccc(SC)c2)CC1. The predicted octanol–water partition coefficient (Wildman–Crippen LogP) is 2.88. The number of thioether (sulfide) groups is 1. The molecule has 1 aromatic rings. The zero-order chi connectivity index (χ0) is 16.7. The van der Waals surface area contributed by atoms with Gasteiger partial charge in [-0.25, -0.2) is 0 Å². The average molecular weight is 353 g/mol. The van der Waals surface area contributed by atoms with Crippen molar-refractivity contribution in [1.82, 2.24) is 4.90 Å². The van der Waals surface area contributed by atoms with Gasteiger partial charge in [-0.1, -0.05) is 19.4 Å². The molecule has 2 rings (SSSR count). The van der Waals surface area contributed by atoms with E-state index in [1.54, 1.807) is 16.7 Å². The van der Waals surface area contributed by atoms with Crippen LogP contribution in [0.3, 0.4) is 0 Å². The van der Waals surface area contributed by atoms with E-state index < -0.39 is 0 Å². The molecule has 23 heavy (non-hydrogen) atoms. The Kier molecular flexibility index (Phi) is 7.66. The fourth-order valence-corrected chi connectivity index (χ4v) is 3.90. The number of unbranched alkanes of at least 4 members (excludes halogenated alkanes) is 1. The molecule has 1 aliphatic rings. The Balaban J connectivity index is 1.81. The molecule has 1 fully saturated rings. The van der Waals surface area contributed by atoms with Crippen molar-refractivity contribution < 1.29 is 4.90 Å². The van der Waals surface area contributed by atoms with E-state index in [4.69, 9.17) is 12.2 Å². The molecular formula is C18H30N3S2+. The van der Waals surface area contributed by atoms with Gasteiger partial charge in [-0.15, -0.1) is 11.8 Å². The molecule has 3 nitrogen and oxygen atoms in total. The Morgan fingerprint density at radius 3 is 2.78 bits per heavy atom. The van der Waals surface area contributed by atoms with Gasteiger partial charge in [0.15, 0.2) is 5.11 Å². The van der Waals surface area contributed by atoms with Gasteiger partial charge in [-0.2, -0.15) is 0 Å². The number of rotatable bonds is 6. The summed E-state index contributed by atoms with van der Waals surface area (Å²) in [6.07, 6.45) is 7.20. The minimum atomic E-state index is 0.792. The average Bonchev–Trinajstić information content (AvgIpc) is 2.60. The van der Waals surface area contributed by atoms with Crippen LogP contribution in [0.25, 0.3) is 0 Å². The molecule has 1 heterocycles. The van der Waals surface area contributed by atoms with Crippen molar-refractivity contribution in [1.29, 1.82) is 0 Å². The number of hydrogen-bond donors (Lipinski definition) is 2. The summed E-state index contributed by atoms with van der Waals surface area (Å²) in [7, 11) is 2.35. The van der Waals surface area contributed by atoms with Crippen LogP contribution in [0, 0.1) is 0 Å². The molecule has 0 aromatic heterocycles. The van der Waals surface area contributed by atoms with Crippen LogP contribution < -0.4 is 10.2 Å². The van der Waals surface area contributed by atoms with Crippen molar-refractivity contribution >= 4 is 34.8 Å². The summed E-state index contributed by atoms with van der Waals surface area (Å²) in [4.78, 5) is 5.28. The van der Waals surface area contributed by atoms with Gasteiger partial charge in [0.05, 0.1) is 19.6 Å². The van der Waals surface area contributed by atoms with E-state index >= 15 is 0 Å². The number of anilines is 1. The van der Waals surface area contributed by atoms with E-state index in [2.05, 4.69) is 54.7 Å². The number of benzene rings is 1. The van der Waals surface area contributed by atoms with Gasteiger partial charge in [0, 0.05) is 36.5 Å². The molecule has 0 saturated carbocycles. The summed E-state index contributed by atoms with van der Waals surface area (Å²) in [6, 6.07) is 9.24. The van der Waals surface area contributed by atoms with Crippen molar-refractivity contribution in [2.24, 2.45) is 0 Å². The third-order valence-electron chi connectivity index (χ3n) is 4.72. The Morgan fingerprint density at radius 1 is 1.39 bits per heavy atom. The number of hydrogen-bond acceptors (Lipinski definition) is 2. The van der Waals surface area contributed by atoms with Crippen molar-refractivity contribution in [3.63, 3.8) is 0 Å². The van der Waals surface area contributed by atoms with E-state index in [-0.39, 0.29) is 0 Å². The van der Waals surface area contributed by atoms with Gasteiger partial charge in [-0.05, 0) is 43.1 Å². The first-order valence-electron chi connectivity index (χ1n) is 8.66. The molecule has 1 unspecified atom stereocenters. The summed E-state index contributed by atoms with van der Waals surface area (Å²) < 4.78 is 0. The van der Waals surface area contributed by atoms with Crippen LogP contribution in [0.1, 0.15) is 32.6 Å². The fraction of sp³-hybridized carbons (Fsp3) is 0.611. The summed E-state index contributed by atoms with van der Waals surface area (Å²) in [5, 5.41) is 4.27. The van der Waals surface area contributed by atoms with Gasteiger partial charge in [0.2, 0.25) is 0 Å². The van der Waals surface area contributed by atoms with E-state index in [1.807, 2.05) is 0 Å². The molecule has 1 aromatic carbocycles. The maximum Gasteiger partial charge on any atom is 0.173 e. The second kappa shape index (κ2) is 9.50. The number of nitrogens with one attached hydrogen (secondary N) is 2. The second-order valence-corrected chi connectivity index (χ2v) is 7.64. The highest BCUT2D eigenvalue weighted by molar-refractivity contribution is 7.98. The maximum absolute atomic E-state index is 5.61. The summed E-state index contributed by atoms with van der Waals surface area (Å²) in [6.45, 7) is 5.71. The van der Waals surface area contributed by atoms with Crippen LogP contribution in [0.5, 0.6) is 0 Å². The first kappa shape index (κ1) is 18.6. The Hall–Kier alpha value is -0.780. The molecule has 0 spiro atoms. The minimum absolute atomic E-state index is 0.792. The maximum atomic E-state index is 5.61. The molecule has 1 aliphatic heterocycles. The van der Waals surface area contributed by atoms with Crippen molar-refractivity contribution in [3.8, 4) is 0 Å². The zero-order valence-corrected chi connectivity index (χ0v) is 16.2. The standard InChI is InChI=1S/C18H29N3S2/c1-4-5-11-20(2)16-9-12-21(13-10-16)18(22)19-15-7-6-8-17(14-15)23-3/h6-8,14,16H,4-5,9-13H2,1-3H3,(H,19,22)/p+1. The van der Waals surface area contributed by atoms with E-state index in [0.29, 0.717) is 0 Å². The van der Waals surface area contributed by atoms with Crippen LogP contribution in [-0.4, -0.2) is 49.0 Å². The molecular weight excluding hydrogens is 322 g/mol. The molecule has 0 radical (unpaired) electrons. The van der Waals surface area contributed by atoms with E-state index in [0.717, 1.165) is 29.9 Å². The molecule has 0 aliphatic carbocycles. The van der Waals surface area contributed by atoms with Crippen molar-refractivity contribution in [2.45, 2.75) is 43.5 Å². The lowest BCUT2D eigenvalue weighted by Crippen LogP contribution is -3.13. The largest absolute Gasteiger partial charge is 0.349 e. The van der Waals surface area contributed by atoms with Gasteiger partial charge in [-0.3, -0.25) is 0 Å². The number of nitrogens with zero attached hydrogens (tertiary/aromatic N) is 1. The molecule has 1 saturated heterocycles. The quantitative estimate of drug-likeness (QED) is 0.606. The van der Waals surface area contributed by atoms with Crippen LogP contribution in [0.4, 0.5) is 5.69 Å². The normalized spacial score (nSPS) is 17.1. The van der Waals surface area contributed by atoms with Gasteiger partial charge < -0.3 is 15.1 Å². The van der Waals surface area contributed by atoms with Crippen LogP contribution in [0.15, 0.2) is 29.2 Å². The van der Waals surface area contributed by atoms with Crippen molar-refractivity contribution in [2.75, 3.05) is 38.3 Å². The van der Waals surface area contributed by atoms with E-state index in [9.17, 15) is 0 Å². The third-order valence-corrected chi connectivity index (χ3v) is 5.81. The topological polar surface area (TPSA) is 19.7 Å². The predicted molar refractivity (Wildman–Crippen MR) is 106 cm³/mol. The Bertz CT molecular complexity index is 499. The first-order valence-corrected chi connectivity index (χ1v) is 10.3. The van der Waals surface area contributed by atoms with Gasteiger partial charge in [0.25, 0.3) is 0 Å². The van der Waals surface area contributed by atoms with Gasteiger partial charge in [0.1, 0.15) is 0 Å². The smallest absolute Gasteiger partial charge is 0.173 e. The number of thiocarbonyl (C=S) groups is 1. The highest BCUT2D eigenvalue weighted by Gasteiger charge is 2.26. The Labute approximate surface area is 150 Å². The summed E-state index contributed by atoms with van der Waals surface area (Å²) in [5.74, 6) is 0. The Morgan fingerprint density at radius 2 is 2.13 bits per heavy atom. The lowest BCUT2D eigenvalue weighted by molar-refractivity contribution is -0.907. The lowest BCUT2D eigenvalue weighted by Gasteiger charge is -2.36. The van der Waals surface area contributed by atoms with Crippen molar-refractivity contribution in [3.05, 3.63) is 24.3 Å². The molecule has 0 amide bonds. The number of piperidine rings is 1. The van der Waals surface area contributed by atoms with Crippen LogP contribution in [-0.2, 0) is 0 Å². The van der Waals surface area contributed by atoms with Crippen LogP contribution in [0.2, 0.25) is 0 Å². The summed E-state index contributed by atoms with van der Waals surface area (Å²) >= 11 is 7.37. The zero-order valence-electron chi connectivity index (χ0n) is 14.6. The monoisotopic (exact) mass is 352 g/mol. The molecule has 5 heteroatoms. The second-order valence-electron chi connectivity index (χ2n) is 6.37. The third kappa shape index (κ3) is 5.66. The molecule has 2 N–H and O–H groups in total. The highest BCUT2D eigenvalue weighted by Crippen LogP contribution is 2.19. The fourth-order valence-electron chi connectivity index (χ4n) is 3.14. The number of quaternary nitrogens is 1.